The predicted molar refractivity (Wildman–Crippen MR) is 88.3 cm³/mol. The van der Waals surface area contributed by atoms with Gasteiger partial charge in [0.05, 0.1) is 11.9 Å². The van der Waals surface area contributed by atoms with Crippen molar-refractivity contribution < 1.29 is 17.9 Å². The number of aryl methyl sites for hydroxylation is 1. The summed E-state index contributed by atoms with van der Waals surface area (Å²) in [5.74, 6) is 0.761. The Morgan fingerprint density at radius 1 is 1.32 bits per heavy atom. The summed E-state index contributed by atoms with van der Waals surface area (Å²) >= 11 is 0. The smallest absolute Gasteiger partial charge is 0.319 e. The van der Waals surface area contributed by atoms with Crippen LogP contribution in [-0.4, -0.2) is 38.6 Å². The minimum absolute atomic E-state index is 0.0585. The highest BCUT2D eigenvalue weighted by Gasteiger charge is 2.09. The summed E-state index contributed by atoms with van der Waals surface area (Å²) in [5.41, 5.74) is 1.53. The second-order valence-electron chi connectivity index (χ2n) is 5.26. The summed E-state index contributed by atoms with van der Waals surface area (Å²) in [5, 5.41) is 5.23. The van der Waals surface area contributed by atoms with Gasteiger partial charge in [-0.25, -0.2) is 13.2 Å². The molecule has 0 bridgehead atoms. The average molecular weight is 328 g/mol. The number of amides is 2. The van der Waals surface area contributed by atoms with E-state index in [2.05, 4.69) is 10.6 Å². The van der Waals surface area contributed by atoms with E-state index in [4.69, 9.17) is 4.74 Å². The van der Waals surface area contributed by atoms with Crippen molar-refractivity contribution in [2.24, 2.45) is 0 Å². The van der Waals surface area contributed by atoms with Crippen molar-refractivity contribution in [1.82, 2.24) is 5.32 Å². The number of sulfone groups is 1. The SMILES string of the molecule is CCS(=O)(=O)CCNC(=O)Nc1ccc(OC(C)C)cc1C. The maximum atomic E-state index is 11.8. The molecular formula is C15H24N2O4S. The number of hydrogen-bond acceptors (Lipinski definition) is 4. The Morgan fingerprint density at radius 3 is 2.55 bits per heavy atom. The highest BCUT2D eigenvalue weighted by atomic mass is 32.2. The van der Waals surface area contributed by atoms with Gasteiger partial charge in [-0.3, -0.25) is 0 Å². The quantitative estimate of drug-likeness (QED) is 0.804. The Hall–Kier alpha value is -1.76. The standard InChI is InChI=1S/C15H24N2O4S/c1-5-22(19,20)9-8-16-15(18)17-14-7-6-13(10-12(14)4)21-11(2)3/h6-7,10-11H,5,8-9H2,1-4H3,(H2,16,17,18). The first-order valence-corrected chi connectivity index (χ1v) is 9.08. The number of carbonyl (C=O) groups excluding carboxylic acids is 1. The summed E-state index contributed by atoms with van der Waals surface area (Å²) in [7, 11) is -3.07. The molecule has 1 rings (SSSR count). The van der Waals surface area contributed by atoms with Gasteiger partial charge in [0, 0.05) is 18.0 Å². The van der Waals surface area contributed by atoms with E-state index in [1.807, 2.05) is 26.8 Å². The van der Waals surface area contributed by atoms with Crippen molar-refractivity contribution in [1.29, 1.82) is 0 Å². The normalized spacial score (nSPS) is 11.3. The molecule has 0 fully saturated rings. The van der Waals surface area contributed by atoms with Crippen LogP contribution < -0.4 is 15.4 Å². The molecule has 0 radical (unpaired) electrons. The molecule has 1 aromatic carbocycles. The van der Waals surface area contributed by atoms with Crippen LogP contribution in [0.3, 0.4) is 0 Å². The first kappa shape index (κ1) is 18.3. The number of benzene rings is 1. The van der Waals surface area contributed by atoms with Gasteiger partial charge in [0.15, 0.2) is 9.84 Å². The van der Waals surface area contributed by atoms with Crippen LogP contribution in [0.4, 0.5) is 10.5 Å². The van der Waals surface area contributed by atoms with Gasteiger partial charge in [-0.1, -0.05) is 6.92 Å². The fourth-order valence-electron chi connectivity index (χ4n) is 1.75. The maximum Gasteiger partial charge on any atom is 0.319 e. The Balaban J connectivity index is 2.54. The molecule has 22 heavy (non-hydrogen) atoms. The van der Waals surface area contributed by atoms with Gasteiger partial charge in [-0.05, 0) is 44.5 Å². The van der Waals surface area contributed by atoms with Crippen LogP contribution in [0.25, 0.3) is 0 Å². The first-order valence-electron chi connectivity index (χ1n) is 7.26. The molecule has 2 amide bonds. The zero-order valence-electron chi connectivity index (χ0n) is 13.5. The molecule has 0 spiro atoms. The van der Waals surface area contributed by atoms with Crippen LogP contribution in [0.5, 0.6) is 5.75 Å². The van der Waals surface area contributed by atoms with Gasteiger partial charge in [-0.2, -0.15) is 0 Å². The third-order valence-electron chi connectivity index (χ3n) is 2.96. The molecule has 2 N–H and O–H groups in total. The fraction of sp³-hybridized carbons (Fsp3) is 0.533. The molecule has 0 aliphatic carbocycles. The minimum Gasteiger partial charge on any atom is -0.491 e. The molecule has 7 heteroatoms. The van der Waals surface area contributed by atoms with Crippen molar-refractivity contribution in [2.75, 3.05) is 23.4 Å². The number of nitrogens with one attached hydrogen (secondary N) is 2. The summed E-state index contributed by atoms with van der Waals surface area (Å²) in [6.07, 6.45) is 0.0852. The van der Waals surface area contributed by atoms with E-state index in [0.29, 0.717) is 5.69 Å². The molecule has 0 atom stereocenters. The van der Waals surface area contributed by atoms with E-state index in [0.717, 1.165) is 11.3 Å². The molecule has 124 valence electrons. The van der Waals surface area contributed by atoms with Gasteiger partial charge in [0.2, 0.25) is 0 Å². The molecule has 0 aliphatic rings. The molecule has 0 heterocycles. The van der Waals surface area contributed by atoms with E-state index in [1.165, 1.54) is 0 Å². The van der Waals surface area contributed by atoms with Gasteiger partial charge in [0.25, 0.3) is 0 Å². The molecule has 0 aliphatic heterocycles. The second-order valence-corrected chi connectivity index (χ2v) is 7.73. The van der Waals surface area contributed by atoms with Crippen LogP contribution >= 0.6 is 0 Å². The van der Waals surface area contributed by atoms with Crippen molar-refractivity contribution >= 4 is 21.6 Å². The summed E-state index contributed by atoms with van der Waals surface area (Å²) < 4.78 is 28.2. The summed E-state index contributed by atoms with van der Waals surface area (Å²) in [4.78, 5) is 11.8. The topological polar surface area (TPSA) is 84.5 Å². The molecule has 6 nitrogen and oxygen atoms in total. The molecule has 0 unspecified atom stereocenters. The Morgan fingerprint density at radius 2 is 2.00 bits per heavy atom. The minimum atomic E-state index is -3.07. The lowest BCUT2D eigenvalue weighted by molar-refractivity contribution is 0.242. The van der Waals surface area contributed by atoms with Crippen LogP contribution in [0.2, 0.25) is 0 Å². The zero-order valence-corrected chi connectivity index (χ0v) is 14.3. The molecule has 0 aromatic heterocycles. The highest BCUT2D eigenvalue weighted by molar-refractivity contribution is 7.91. The predicted octanol–water partition coefficient (Wildman–Crippen LogP) is 2.34. The zero-order chi connectivity index (χ0) is 16.8. The maximum absolute atomic E-state index is 11.8. The van der Waals surface area contributed by atoms with Gasteiger partial charge < -0.3 is 15.4 Å². The second kappa shape index (κ2) is 8.03. The number of urea groups is 1. The monoisotopic (exact) mass is 328 g/mol. The fourth-order valence-corrected chi connectivity index (χ4v) is 2.45. The Bertz CT molecular complexity index is 612. The van der Waals surface area contributed by atoms with E-state index in [1.54, 1.807) is 19.1 Å². The average Bonchev–Trinajstić information content (AvgIpc) is 2.41. The number of hydrogen-bond donors (Lipinski definition) is 2. The number of ether oxygens (including phenoxy) is 1. The number of rotatable bonds is 7. The lowest BCUT2D eigenvalue weighted by atomic mass is 10.2. The molecular weight excluding hydrogens is 304 g/mol. The van der Waals surface area contributed by atoms with Crippen LogP contribution in [-0.2, 0) is 9.84 Å². The van der Waals surface area contributed by atoms with Crippen molar-refractivity contribution in [3.63, 3.8) is 0 Å². The Labute approximate surface area is 132 Å². The van der Waals surface area contributed by atoms with E-state index in [-0.39, 0.29) is 24.2 Å². The van der Waals surface area contributed by atoms with Crippen molar-refractivity contribution in [2.45, 2.75) is 33.8 Å². The molecule has 0 saturated heterocycles. The van der Waals surface area contributed by atoms with Gasteiger partial charge in [-0.15, -0.1) is 0 Å². The van der Waals surface area contributed by atoms with Crippen LogP contribution in [0.15, 0.2) is 18.2 Å². The van der Waals surface area contributed by atoms with Gasteiger partial charge in [0.1, 0.15) is 5.75 Å². The Kier molecular flexibility index (Phi) is 6.67. The number of anilines is 1. The van der Waals surface area contributed by atoms with Crippen molar-refractivity contribution in [3.8, 4) is 5.75 Å². The lowest BCUT2D eigenvalue weighted by Crippen LogP contribution is -2.33. The summed E-state index contributed by atoms with van der Waals surface area (Å²) in [6.45, 7) is 7.43. The first-order chi connectivity index (χ1) is 10.2. The highest BCUT2D eigenvalue weighted by Crippen LogP contribution is 2.22. The molecule has 0 saturated carbocycles. The largest absolute Gasteiger partial charge is 0.491 e. The summed E-state index contributed by atoms with van der Waals surface area (Å²) in [6, 6.07) is 4.96. The van der Waals surface area contributed by atoms with E-state index >= 15 is 0 Å². The van der Waals surface area contributed by atoms with Crippen LogP contribution in [0.1, 0.15) is 26.3 Å². The van der Waals surface area contributed by atoms with Gasteiger partial charge >= 0.3 is 6.03 Å². The third-order valence-corrected chi connectivity index (χ3v) is 4.66. The lowest BCUT2D eigenvalue weighted by Gasteiger charge is -2.13. The van der Waals surface area contributed by atoms with Crippen molar-refractivity contribution in [3.05, 3.63) is 23.8 Å². The molecule has 1 aromatic rings. The van der Waals surface area contributed by atoms with E-state index in [9.17, 15) is 13.2 Å². The number of carbonyl (C=O) groups is 1. The third kappa shape index (κ3) is 6.34. The van der Waals surface area contributed by atoms with E-state index < -0.39 is 15.9 Å². The van der Waals surface area contributed by atoms with Crippen LogP contribution in [0, 0.1) is 6.92 Å².